The highest BCUT2D eigenvalue weighted by Crippen LogP contribution is 2.23. The predicted molar refractivity (Wildman–Crippen MR) is 69.3 cm³/mol. The van der Waals surface area contributed by atoms with Crippen LogP contribution in [-0.4, -0.2) is 23.0 Å². The van der Waals surface area contributed by atoms with Gasteiger partial charge >= 0.3 is 5.97 Å². The van der Waals surface area contributed by atoms with Crippen molar-refractivity contribution in [2.45, 2.75) is 38.6 Å². The lowest BCUT2D eigenvalue weighted by Gasteiger charge is -2.26. The molecule has 0 aliphatic rings. The molecule has 1 aromatic rings. The maximum Gasteiger partial charge on any atom is 0.305 e. The number of rotatable bonds is 5. The summed E-state index contributed by atoms with van der Waals surface area (Å²) in [5.41, 5.74) is 0.235. The second-order valence-corrected chi connectivity index (χ2v) is 4.96. The zero-order chi connectivity index (χ0) is 13.8. The van der Waals surface area contributed by atoms with Crippen molar-refractivity contribution in [3.05, 3.63) is 35.9 Å². The molecular weight excluding hydrogens is 230 g/mol. The molecule has 1 atom stereocenters. The van der Waals surface area contributed by atoms with E-state index in [9.17, 15) is 9.59 Å². The van der Waals surface area contributed by atoms with E-state index in [1.54, 1.807) is 6.92 Å². The summed E-state index contributed by atoms with van der Waals surface area (Å²) in [7, 11) is 0. The van der Waals surface area contributed by atoms with Crippen LogP contribution in [-0.2, 0) is 15.0 Å². The lowest BCUT2D eigenvalue weighted by atomic mass is 9.83. The van der Waals surface area contributed by atoms with Crippen molar-refractivity contribution in [3.63, 3.8) is 0 Å². The number of nitrogens with one attached hydrogen (secondary N) is 1. The van der Waals surface area contributed by atoms with Crippen molar-refractivity contribution in [1.29, 1.82) is 0 Å². The maximum atomic E-state index is 12.2. The molecule has 18 heavy (non-hydrogen) atoms. The van der Waals surface area contributed by atoms with Crippen LogP contribution in [0.3, 0.4) is 0 Å². The number of carboxylic acid groups (broad SMARTS) is 1. The Kier molecular flexibility index (Phi) is 4.48. The SMILES string of the molecule is CC(CC(=O)O)NC(=O)C(C)(C)c1ccccc1. The van der Waals surface area contributed by atoms with Crippen molar-refractivity contribution in [2.75, 3.05) is 0 Å². The lowest BCUT2D eigenvalue weighted by Crippen LogP contribution is -2.44. The molecular formula is C14H19NO3. The Labute approximate surface area is 107 Å². The minimum Gasteiger partial charge on any atom is -0.481 e. The average molecular weight is 249 g/mol. The molecule has 2 N–H and O–H groups in total. The van der Waals surface area contributed by atoms with Crippen molar-refractivity contribution < 1.29 is 14.7 Å². The highest BCUT2D eigenvalue weighted by molar-refractivity contribution is 5.87. The smallest absolute Gasteiger partial charge is 0.305 e. The van der Waals surface area contributed by atoms with Crippen molar-refractivity contribution >= 4 is 11.9 Å². The Morgan fingerprint density at radius 2 is 1.83 bits per heavy atom. The monoisotopic (exact) mass is 249 g/mol. The average Bonchev–Trinajstić information content (AvgIpc) is 2.28. The van der Waals surface area contributed by atoms with Gasteiger partial charge in [0.2, 0.25) is 5.91 Å². The van der Waals surface area contributed by atoms with Gasteiger partial charge in [-0.1, -0.05) is 30.3 Å². The molecule has 4 heteroatoms. The van der Waals surface area contributed by atoms with Gasteiger partial charge in [0, 0.05) is 6.04 Å². The van der Waals surface area contributed by atoms with Gasteiger partial charge in [0.25, 0.3) is 0 Å². The van der Waals surface area contributed by atoms with E-state index in [2.05, 4.69) is 5.32 Å². The molecule has 0 aliphatic heterocycles. The normalized spacial score (nSPS) is 12.8. The van der Waals surface area contributed by atoms with Crippen molar-refractivity contribution in [1.82, 2.24) is 5.32 Å². The first-order valence-electron chi connectivity index (χ1n) is 5.92. The Bertz CT molecular complexity index is 426. The number of carbonyl (C=O) groups is 2. The Morgan fingerprint density at radius 1 is 1.28 bits per heavy atom. The molecule has 1 amide bonds. The van der Waals surface area contributed by atoms with Crippen LogP contribution in [0.1, 0.15) is 32.8 Å². The van der Waals surface area contributed by atoms with Crippen LogP contribution in [0.2, 0.25) is 0 Å². The highest BCUT2D eigenvalue weighted by Gasteiger charge is 2.30. The molecule has 1 aromatic carbocycles. The van der Waals surface area contributed by atoms with Crippen LogP contribution >= 0.6 is 0 Å². The Balaban J connectivity index is 2.74. The molecule has 0 aromatic heterocycles. The Hall–Kier alpha value is -1.84. The number of aliphatic carboxylic acids is 1. The van der Waals surface area contributed by atoms with E-state index >= 15 is 0 Å². The van der Waals surface area contributed by atoms with E-state index in [1.165, 1.54) is 0 Å². The first-order valence-corrected chi connectivity index (χ1v) is 5.92. The van der Waals surface area contributed by atoms with Crippen LogP contribution in [0.4, 0.5) is 0 Å². The van der Waals surface area contributed by atoms with Gasteiger partial charge in [-0.25, -0.2) is 0 Å². The fourth-order valence-electron chi connectivity index (χ4n) is 1.70. The molecule has 4 nitrogen and oxygen atoms in total. The van der Waals surface area contributed by atoms with Gasteiger partial charge in [-0.2, -0.15) is 0 Å². The van der Waals surface area contributed by atoms with E-state index in [0.29, 0.717) is 0 Å². The minimum atomic E-state index is -0.916. The first-order chi connectivity index (χ1) is 8.34. The second-order valence-electron chi connectivity index (χ2n) is 4.96. The van der Waals surface area contributed by atoms with Gasteiger partial charge in [-0.05, 0) is 26.3 Å². The summed E-state index contributed by atoms with van der Waals surface area (Å²) in [6, 6.07) is 9.06. The number of hydrogen-bond acceptors (Lipinski definition) is 2. The summed E-state index contributed by atoms with van der Waals surface area (Å²) in [6.07, 6.45) is -0.0728. The third-order valence-electron chi connectivity index (χ3n) is 2.92. The second kappa shape index (κ2) is 5.67. The third kappa shape index (κ3) is 3.58. The number of carbonyl (C=O) groups excluding carboxylic acids is 1. The molecule has 0 radical (unpaired) electrons. The molecule has 0 fully saturated rings. The molecule has 1 unspecified atom stereocenters. The minimum absolute atomic E-state index is 0.0728. The summed E-state index contributed by atoms with van der Waals surface area (Å²) in [6.45, 7) is 5.34. The van der Waals surface area contributed by atoms with E-state index in [0.717, 1.165) is 5.56 Å². The summed E-state index contributed by atoms with van der Waals surface area (Å²) >= 11 is 0. The van der Waals surface area contributed by atoms with Crippen LogP contribution < -0.4 is 5.32 Å². The molecule has 0 heterocycles. The van der Waals surface area contributed by atoms with Crippen LogP contribution in [0.15, 0.2) is 30.3 Å². The molecule has 0 bridgehead atoms. The van der Waals surface area contributed by atoms with Gasteiger partial charge in [-0.15, -0.1) is 0 Å². The van der Waals surface area contributed by atoms with E-state index in [4.69, 9.17) is 5.11 Å². The maximum absolute atomic E-state index is 12.2. The van der Waals surface area contributed by atoms with E-state index < -0.39 is 11.4 Å². The zero-order valence-electron chi connectivity index (χ0n) is 10.9. The lowest BCUT2D eigenvalue weighted by molar-refractivity contribution is -0.137. The van der Waals surface area contributed by atoms with Crippen LogP contribution in [0.25, 0.3) is 0 Å². The number of amides is 1. The summed E-state index contributed by atoms with van der Waals surface area (Å²) in [5, 5.41) is 11.4. The molecule has 0 spiro atoms. The first kappa shape index (κ1) is 14.2. The largest absolute Gasteiger partial charge is 0.481 e. The molecule has 1 rings (SSSR count). The summed E-state index contributed by atoms with van der Waals surface area (Å²) < 4.78 is 0. The zero-order valence-corrected chi connectivity index (χ0v) is 10.9. The fraction of sp³-hybridized carbons (Fsp3) is 0.429. The quantitative estimate of drug-likeness (QED) is 0.838. The van der Waals surface area contributed by atoms with Crippen molar-refractivity contribution in [2.24, 2.45) is 0 Å². The molecule has 0 saturated carbocycles. The van der Waals surface area contributed by atoms with Gasteiger partial charge in [0.1, 0.15) is 0 Å². The Morgan fingerprint density at radius 3 is 2.33 bits per heavy atom. The van der Waals surface area contributed by atoms with E-state index in [1.807, 2.05) is 44.2 Å². The van der Waals surface area contributed by atoms with Gasteiger partial charge in [-0.3, -0.25) is 9.59 Å². The molecule has 0 aliphatic carbocycles. The molecule has 0 saturated heterocycles. The summed E-state index contributed by atoms with van der Waals surface area (Å²) in [5.74, 6) is -1.08. The van der Waals surface area contributed by atoms with Gasteiger partial charge in [0.05, 0.1) is 11.8 Å². The van der Waals surface area contributed by atoms with Crippen molar-refractivity contribution in [3.8, 4) is 0 Å². The van der Waals surface area contributed by atoms with Gasteiger partial charge < -0.3 is 10.4 Å². The van der Waals surface area contributed by atoms with Crippen LogP contribution in [0.5, 0.6) is 0 Å². The predicted octanol–water partition coefficient (Wildman–Crippen LogP) is 1.94. The number of benzene rings is 1. The fourth-order valence-corrected chi connectivity index (χ4v) is 1.70. The molecule has 98 valence electrons. The number of hydrogen-bond donors (Lipinski definition) is 2. The number of carboxylic acids is 1. The third-order valence-corrected chi connectivity index (χ3v) is 2.92. The highest BCUT2D eigenvalue weighted by atomic mass is 16.4. The van der Waals surface area contributed by atoms with Gasteiger partial charge in [0.15, 0.2) is 0 Å². The topological polar surface area (TPSA) is 66.4 Å². The standard InChI is InChI=1S/C14H19NO3/c1-10(9-12(16)17)15-13(18)14(2,3)11-7-5-4-6-8-11/h4-8,10H,9H2,1-3H3,(H,15,18)(H,16,17). The summed E-state index contributed by atoms with van der Waals surface area (Å²) in [4.78, 5) is 22.7. The van der Waals surface area contributed by atoms with Crippen LogP contribution in [0, 0.1) is 0 Å². The van der Waals surface area contributed by atoms with E-state index in [-0.39, 0.29) is 18.4 Å².